The minimum atomic E-state index is 0.404. The topological polar surface area (TPSA) is 52.9 Å². The van der Waals surface area contributed by atoms with E-state index in [1.54, 1.807) is 12.1 Å². The van der Waals surface area contributed by atoms with Gasteiger partial charge < -0.3 is 5.32 Å². The number of benzene rings is 1. The van der Waals surface area contributed by atoms with Crippen LogP contribution >= 0.6 is 0 Å². The van der Waals surface area contributed by atoms with Crippen LogP contribution in [0.4, 0.5) is 5.69 Å². The summed E-state index contributed by atoms with van der Waals surface area (Å²) in [6.45, 7) is 10.9. The van der Waals surface area contributed by atoms with E-state index in [2.05, 4.69) is 32.7 Å². The standard InChI is InChI=1S/C11H20.C9H8N2O/c1-9(2)10-5-7-11(3,4)8-6-10;10-6-5-8-1-3-9(4-2-8)11-7-12/h10H,1,5-8H2,2-4H3;1-4,7H,5H2,(H,11,12). The van der Waals surface area contributed by atoms with Crippen LogP contribution in [0.3, 0.4) is 0 Å². The monoisotopic (exact) mass is 312 g/mol. The Balaban J connectivity index is 0.000000231. The summed E-state index contributed by atoms with van der Waals surface area (Å²) in [6.07, 6.45) is 6.51. The lowest BCUT2D eigenvalue weighted by Crippen LogP contribution is -2.21. The quantitative estimate of drug-likeness (QED) is 0.621. The Labute approximate surface area is 140 Å². The first-order valence-electron chi connectivity index (χ1n) is 8.19. The molecule has 0 spiro atoms. The van der Waals surface area contributed by atoms with E-state index in [1.165, 1.54) is 31.3 Å². The number of hydrogen-bond acceptors (Lipinski definition) is 2. The number of carbonyl (C=O) groups excluding carboxylic acids is 1. The van der Waals surface area contributed by atoms with Crippen molar-refractivity contribution in [3.05, 3.63) is 42.0 Å². The summed E-state index contributed by atoms with van der Waals surface area (Å²) in [5.41, 5.74) is 3.69. The zero-order valence-electron chi connectivity index (χ0n) is 14.6. The summed E-state index contributed by atoms with van der Waals surface area (Å²) in [5.74, 6) is 0.822. The normalized spacial score (nSPS) is 16.4. The van der Waals surface area contributed by atoms with Crippen molar-refractivity contribution in [2.45, 2.75) is 52.9 Å². The molecule has 1 amide bonds. The molecule has 23 heavy (non-hydrogen) atoms. The minimum absolute atomic E-state index is 0.404. The number of rotatable bonds is 4. The Kier molecular flexibility index (Phi) is 7.54. The van der Waals surface area contributed by atoms with Crippen molar-refractivity contribution in [3.8, 4) is 6.07 Å². The minimum Gasteiger partial charge on any atom is -0.329 e. The van der Waals surface area contributed by atoms with Crippen LogP contribution in [0.5, 0.6) is 0 Å². The van der Waals surface area contributed by atoms with Gasteiger partial charge in [0.05, 0.1) is 12.5 Å². The predicted molar refractivity (Wildman–Crippen MR) is 96.0 cm³/mol. The van der Waals surface area contributed by atoms with Crippen molar-refractivity contribution in [2.75, 3.05) is 5.32 Å². The molecule has 0 bridgehead atoms. The van der Waals surface area contributed by atoms with E-state index in [0.29, 0.717) is 18.2 Å². The van der Waals surface area contributed by atoms with E-state index < -0.39 is 0 Å². The zero-order chi connectivity index (χ0) is 17.3. The van der Waals surface area contributed by atoms with Crippen molar-refractivity contribution in [1.82, 2.24) is 0 Å². The molecular formula is C20H28N2O. The number of carbonyl (C=O) groups is 1. The second-order valence-corrected chi connectivity index (χ2v) is 7.08. The van der Waals surface area contributed by atoms with Gasteiger partial charge in [-0.05, 0) is 61.6 Å². The molecule has 1 aromatic rings. The van der Waals surface area contributed by atoms with Gasteiger partial charge in [-0.1, -0.05) is 38.1 Å². The number of nitrogens with zero attached hydrogens (tertiary/aromatic N) is 1. The van der Waals surface area contributed by atoms with Crippen molar-refractivity contribution in [3.63, 3.8) is 0 Å². The van der Waals surface area contributed by atoms with Gasteiger partial charge in [-0.25, -0.2) is 0 Å². The molecule has 0 unspecified atom stereocenters. The molecule has 0 aliphatic heterocycles. The van der Waals surface area contributed by atoms with Gasteiger partial charge >= 0.3 is 0 Å². The summed E-state index contributed by atoms with van der Waals surface area (Å²) >= 11 is 0. The van der Waals surface area contributed by atoms with Gasteiger partial charge in [-0.2, -0.15) is 5.26 Å². The summed E-state index contributed by atoms with van der Waals surface area (Å²) in [5, 5.41) is 10.9. The van der Waals surface area contributed by atoms with Crippen LogP contribution in [0.2, 0.25) is 0 Å². The van der Waals surface area contributed by atoms with E-state index >= 15 is 0 Å². The Morgan fingerprint density at radius 2 is 1.91 bits per heavy atom. The van der Waals surface area contributed by atoms with E-state index in [-0.39, 0.29) is 0 Å². The van der Waals surface area contributed by atoms with Crippen LogP contribution in [0.25, 0.3) is 0 Å². The second-order valence-electron chi connectivity index (χ2n) is 7.08. The molecule has 2 rings (SSSR count). The summed E-state index contributed by atoms with van der Waals surface area (Å²) in [7, 11) is 0. The van der Waals surface area contributed by atoms with E-state index in [4.69, 9.17) is 5.26 Å². The Hall–Kier alpha value is -2.08. The summed E-state index contributed by atoms with van der Waals surface area (Å²) in [6, 6.07) is 9.20. The maximum Gasteiger partial charge on any atom is 0.211 e. The van der Waals surface area contributed by atoms with Crippen molar-refractivity contribution < 1.29 is 4.79 Å². The predicted octanol–water partition coefficient (Wildman–Crippen LogP) is 5.10. The molecule has 1 aliphatic carbocycles. The van der Waals surface area contributed by atoms with E-state index in [9.17, 15) is 4.79 Å². The average molecular weight is 312 g/mol. The van der Waals surface area contributed by atoms with Gasteiger partial charge in [0.2, 0.25) is 6.41 Å². The molecule has 3 heteroatoms. The molecule has 0 atom stereocenters. The van der Waals surface area contributed by atoms with Gasteiger partial charge in [-0.3, -0.25) is 4.79 Å². The number of allylic oxidation sites excluding steroid dienone is 1. The van der Waals surface area contributed by atoms with Crippen molar-refractivity contribution >= 4 is 12.1 Å². The van der Waals surface area contributed by atoms with Crippen molar-refractivity contribution in [1.29, 1.82) is 5.26 Å². The highest BCUT2D eigenvalue weighted by Gasteiger charge is 2.26. The third-order valence-electron chi connectivity index (χ3n) is 4.50. The van der Waals surface area contributed by atoms with E-state index in [0.717, 1.165) is 17.2 Å². The maximum absolute atomic E-state index is 10.0. The summed E-state index contributed by atoms with van der Waals surface area (Å²) in [4.78, 5) is 10.0. The molecular weight excluding hydrogens is 284 g/mol. The first kappa shape index (κ1) is 19.0. The molecule has 0 heterocycles. The number of anilines is 1. The third-order valence-corrected chi connectivity index (χ3v) is 4.50. The highest BCUT2D eigenvalue weighted by atomic mass is 16.1. The molecule has 124 valence electrons. The molecule has 0 aromatic heterocycles. The molecule has 1 saturated carbocycles. The highest BCUT2D eigenvalue weighted by Crippen LogP contribution is 2.39. The molecule has 0 saturated heterocycles. The van der Waals surface area contributed by atoms with Crippen LogP contribution in [0.15, 0.2) is 36.4 Å². The number of hydrogen-bond donors (Lipinski definition) is 1. The first-order chi connectivity index (χ1) is 10.9. The van der Waals surface area contributed by atoms with Gasteiger partial charge in [0.15, 0.2) is 0 Å². The van der Waals surface area contributed by atoms with E-state index in [1.807, 2.05) is 18.2 Å². The molecule has 3 nitrogen and oxygen atoms in total. The molecule has 0 radical (unpaired) electrons. The van der Waals surface area contributed by atoms with Crippen molar-refractivity contribution in [2.24, 2.45) is 11.3 Å². The van der Waals surface area contributed by atoms with Crippen LogP contribution in [0.1, 0.15) is 52.0 Å². The van der Waals surface area contributed by atoms with Gasteiger partial charge in [0, 0.05) is 5.69 Å². The second kappa shape index (κ2) is 9.15. The fraction of sp³-hybridized carbons (Fsp3) is 0.500. The first-order valence-corrected chi connectivity index (χ1v) is 8.19. The maximum atomic E-state index is 10.0. The molecule has 1 fully saturated rings. The van der Waals surface area contributed by atoms with Gasteiger partial charge in [0.1, 0.15) is 0 Å². The van der Waals surface area contributed by atoms with Crippen LogP contribution < -0.4 is 5.32 Å². The average Bonchev–Trinajstić information content (AvgIpc) is 2.50. The largest absolute Gasteiger partial charge is 0.329 e. The van der Waals surface area contributed by atoms with Gasteiger partial charge in [-0.15, -0.1) is 0 Å². The lowest BCUT2D eigenvalue weighted by atomic mass is 9.71. The summed E-state index contributed by atoms with van der Waals surface area (Å²) < 4.78 is 0. The van der Waals surface area contributed by atoms with Crippen LogP contribution in [0, 0.1) is 22.7 Å². The third kappa shape index (κ3) is 7.15. The molecule has 1 aliphatic rings. The van der Waals surface area contributed by atoms with Crippen LogP contribution in [-0.2, 0) is 11.2 Å². The fourth-order valence-corrected chi connectivity index (χ4v) is 2.77. The fourth-order valence-electron chi connectivity index (χ4n) is 2.77. The number of nitriles is 1. The highest BCUT2D eigenvalue weighted by molar-refractivity contribution is 5.71. The SMILES string of the molecule is C=C(C)C1CCC(C)(C)CC1.N#CCc1ccc(NC=O)cc1. The lowest BCUT2D eigenvalue weighted by molar-refractivity contribution is -0.105. The number of nitrogens with one attached hydrogen (secondary N) is 1. The molecule has 1 N–H and O–H groups in total. The number of amides is 1. The smallest absolute Gasteiger partial charge is 0.211 e. The Morgan fingerprint density at radius 1 is 1.35 bits per heavy atom. The van der Waals surface area contributed by atoms with Gasteiger partial charge in [0.25, 0.3) is 0 Å². The zero-order valence-corrected chi connectivity index (χ0v) is 14.6. The lowest BCUT2D eigenvalue weighted by Gasteiger charge is -2.34. The Bertz CT molecular complexity index is 542. The van der Waals surface area contributed by atoms with Crippen LogP contribution in [-0.4, -0.2) is 6.41 Å². The molecule has 1 aromatic carbocycles. The Morgan fingerprint density at radius 3 is 2.35 bits per heavy atom.